The van der Waals surface area contributed by atoms with E-state index in [0.29, 0.717) is 23.7 Å². The van der Waals surface area contributed by atoms with Crippen LogP contribution in [0.3, 0.4) is 0 Å². The number of anilines is 1. The van der Waals surface area contributed by atoms with Crippen molar-refractivity contribution in [2.45, 2.75) is 6.92 Å². The lowest BCUT2D eigenvalue weighted by molar-refractivity contribution is 0.0750. The first-order valence-corrected chi connectivity index (χ1v) is 9.20. The van der Waals surface area contributed by atoms with Gasteiger partial charge in [-0.1, -0.05) is 34.8 Å². The molecule has 0 unspecified atom stereocenters. The second kappa shape index (κ2) is 7.17. The fourth-order valence-corrected chi connectivity index (χ4v) is 3.62. The maximum atomic E-state index is 12.6. The van der Waals surface area contributed by atoms with Crippen LogP contribution in [0.25, 0.3) is 11.3 Å². The molecule has 1 fully saturated rings. The molecule has 3 heterocycles. The molecular formula is C18H18N6OS. The molecule has 0 bridgehead atoms. The van der Waals surface area contributed by atoms with Crippen molar-refractivity contribution in [3.63, 3.8) is 0 Å². The van der Waals surface area contributed by atoms with Crippen molar-refractivity contribution in [1.29, 1.82) is 0 Å². The van der Waals surface area contributed by atoms with Crippen molar-refractivity contribution in [3.05, 3.63) is 53.3 Å². The highest BCUT2D eigenvalue weighted by Gasteiger charge is 2.25. The summed E-state index contributed by atoms with van der Waals surface area (Å²) in [6.45, 7) is 4.60. The molecule has 0 atom stereocenters. The summed E-state index contributed by atoms with van der Waals surface area (Å²) in [5, 5.41) is 3.93. The fraction of sp³-hybridized carbons (Fsp3) is 0.278. The van der Waals surface area contributed by atoms with Crippen LogP contribution in [0.4, 0.5) is 5.82 Å². The zero-order valence-electron chi connectivity index (χ0n) is 14.4. The largest absolute Gasteiger partial charge is 0.353 e. The molecule has 3 aromatic rings. The van der Waals surface area contributed by atoms with Gasteiger partial charge < -0.3 is 9.80 Å². The number of benzene rings is 1. The predicted molar refractivity (Wildman–Crippen MR) is 100 cm³/mol. The van der Waals surface area contributed by atoms with Crippen LogP contribution in [-0.2, 0) is 0 Å². The van der Waals surface area contributed by atoms with Crippen molar-refractivity contribution >= 4 is 23.3 Å². The highest BCUT2D eigenvalue weighted by molar-refractivity contribution is 7.07. The Balaban J connectivity index is 1.45. The average Bonchev–Trinajstić information content (AvgIpc) is 3.14. The van der Waals surface area contributed by atoms with Crippen molar-refractivity contribution in [2.75, 3.05) is 31.1 Å². The minimum Gasteiger partial charge on any atom is -0.353 e. The van der Waals surface area contributed by atoms with Gasteiger partial charge in [-0.05, 0) is 18.5 Å². The topological polar surface area (TPSA) is 75.1 Å². The van der Waals surface area contributed by atoms with Gasteiger partial charge in [0.25, 0.3) is 5.91 Å². The van der Waals surface area contributed by atoms with Crippen LogP contribution in [0.2, 0.25) is 0 Å². The van der Waals surface area contributed by atoms with Gasteiger partial charge in [-0.2, -0.15) is 0 Å². The molecule has 0 saturated carbocycles. The first-order chi connectivity index (χ1) is 12.7. The second-order valence-electron chi connectivity index (χ2n) is 6.09. The quantitative estimate of drug-likeness (QED) is 0.708. The standard InChI is InChI=1S/C18H18N6OS/c1-13-17(26-22-21-13)18(25)24-9-7-23(8-10-24)16-11-15(19-12-20-16)14-5-3-2-4-6-14/h2-6,11-12H,7-10H2,1H3. The van der Waals surface area contributed by atoms with Gasteiger partial charge in [-0.3, -0.25) is 4.79 Å². The molecule has 0 radical (unpaired) electrons. The molecule has 4 rings (SSSR count). The molecular weight excluding hydrogens is 348 g/mol. The predicted octanol–water partition coefficient (Wildman–Crippen LogP) is 2.27. The lowest BCUT2D eigenvalue weighted by Crippen LogP contribution is -2.49. The van der Waals surface area contributed by atoms with Gasteiger partial charge in [0.1, 0.15) is 17.0 Å². The Labute approximate surface area is 155 Å². The Morgan fingerprint density at radius 3 is 2.54 bits per heavy atom. The highest BCUT2D eigenvalue weighted by atomic mass is 32.1. The molecule has 1 aliphatic rings. The van der Waals surface area contributed by atoms with E-state index in [1.807, 2.05) is 48.2 Å². The summed E-state index contributed by atoms with van der Waals surface area (Å²) in [4.78, 5) is 26.0. The molecule has 0 aliphatic carbocycles. The minimum atomic E-state index is 0.0183. The smallest absolute Gasteiger partial charge is 0.267 e. The maximum absolute atomic E-state index is 12.6. The number of piperazine rings is 1. The summed E-state index contributed by atoms with van der Waals surface area (Å²) < 4.78 is 3.86. The van der Waals surface area contributed by atoms with Crippen LogP contribution in [0.5, 0.6) is 0 Å². The van der Waals surface area contributed by atoms with E-state index in [1.54, 1.807) is 6.33 Å². The number of rotatable bonds is 3. The highest BCUT2D eigenvalue weighted by Crippen LogP contribution is 2.22. The lowest BCUT2D eigenvalue weighted by atomic mass is 10.1. The normalized spacial score (nSPS) is 14.5. The molecule has 8 heteroatoms. The molecule has 1 saturated heterocycles. The van der Waals surface area contributed by atoms with E-state index in [2.05, 4.69) is 24.5 Å². The number of nitrogens with zero attached hydrogens (tertiary/aromatic N) is 6. The second-order valence-corrected chi connectivity index (χ2v) is 6.85. The third-order valence-corrected chi connectivity index (χ3v) is 5.27. The van der Waals surface area contributed by atoms with Gasteiger partial charge in [0.15, 0.2) is 0 Å². The average molecular weight is 366 g/mol. The van der Waals surface area contributed by atoms with Crippen molar-refractivity contribution in [1.82, 2.24) is 24.5 Å². The zero-order chi connectivity index (χ0) is 17.9. The van der Waals surface area contributed by atoms with Crippen LogP contribution in [0, 0.1) is 6.92 Å². The molecule has 1 amide bonds. The van der Waals surface area contributed by atoms with E-state index in [9.17, 15) is 4.79 Å². The molecule has 1 aromatic carbocycles. The number of hydrogen-bond acceptors (Lipinski definition) is 7. The lowest BCUT2D eigenvalue weighted by Gasteiger charge is -2.35. The van der Waals surface area contributed by atoms with Crippen molar-refractivity contribution in [3.8, 4) is 11.3 Å². The van der Waals surface area contributed by atoms with E-state index < -0.39 is 0 Å². The zero-order valence-corrected chi connectivity index (χ0v) is 15.2. The summed E-state index contributed by atoms with van der Waals surface area (Å²) in [6.07, 6.45) is 1.60. The molecule has 26 heavy (non-hydrogen) atoms. The number of aryl methyl sites for hydroxylation is 1. The molecule has 7 nitrogen and oxygen atoms in total. The molecule has 132 valence electrons. The van der Waals surface area contributed by atoms with E-state index in [1.165, 1.54) is 0 Å². The van der Waals surface area contributed by atoms with Crippen LogP contribution < -0.4 is 4.90 Å². The van der Waals surface area contributed by atoms with Gasteiger partial charge in [0.05, 0.1) is 11.4 Å². The van der Waals surface area contributed by atoms with Crippen LogP contribution >= 0.6 is 11.5 Å². The van der Waals surface area contributed by atoms with E-state index in [-0.39, 0.29) is 5.91 Å². The van der Waals surface area contributed by atoms with Gasteiger partial charge in [-0.25, -0.2) is 9.97 Å². The van der Waals surface area contributed by atoms with Crippen LogP contribution in [0.15, 0.2) is 42.7 Å². The van der Waals surface area contributed by atoms with Gasteiger partial charge in [0, 0.05) is 37.8 Å². The Kier molecular flexibility index (Phi) is 4.57. The first-order valence-electron chi connectivity index (χ1n) is 8.43. The number of aromatic nitrogens is 4. The Hall–Kier alpha value is -2.87. The Morgan fingerprint density at radius 1 is 1.08 bits per heavy atom. The summed E-state index contributed by atoms with van der Waals surface area (Å²) in [5.41, 5.74) is 2.67. The van der Waals surface area contributed by atoms with E-state index >= 15 is 0 Å². The SMILES string of the molecule is Cc1nnsc1C(=O)N1CCN(c2cc(-c3ccccc3)ncn2)CC1. The summed E-state index contributed by atoms with van der Waals surface area (Å²) in [7, 11) is 0. The van der Waals surface area contributed by atoms with Crippen molar-refractivity contribution < 1.29 is 4.79 Å². The van der Waals surface area contributed by atoms with E-state index in [0.717, 1.165) is 41.7 Å². The van der Waals surface area contributed by atoms with Gasteiger partial charge in [0.2, 0.25) is 0 Å². The summed E-state index contributed by atoms with van der Waals surface area (Å²) in [5.74, 6) is 0.909. The van der Waals surface area contributed by atoms with Crippen LogP contribution in [0.1, 0.15) is 15.4 Å². The molecule has 0 spiro atoms. The third kappa shape index (κ3) is 3.28. The van der Waals surface area contributed by atoms with E-state index in [4.69, 9.17) is 0 Å². The van der Waals surface area contributed by atoms with Gasteiger partial charge in [-0.15, -0.1) is 5.10 Å². The monoisotopic (exact) mass is 366 g/mol. The number of amides is 1. The Bertz CT molecular complexity index is 905. The Morgan fingerprint density at radius 2 is 1.85 bits per heavy atom. The van der Waals surface area contributed by atoms with Crippen LogP contribution in [-0.4, -0.2) is 56.5 Å². The summed E-state index contributed by atoms with van der Waals surface area (Å²) in [6, 6.07) is 12.1. The molecule has 0 N–H and O–H groups in total. The van der Waals surface area contributed by atoms with Crippen molar-refractivity contribution in [2.24, 2.45) is 0 Å². The van der Waals surface area contributed by atoms with Gasteiger partial charge >= 0.3 is 0 Å². The minimum absolute atomic E-state index is 0.0183. The fourth-order valence-electron chi connectivity index (χ4n) is 3.00. The third-order valence-electron chi connectivity index (χ3n) is 4.46. The molecule has 2 aromatic heterocycles. The number of carbonyl (C=O) groups is 1. The summed E-state index contributed by atoms with van der Waals surface area (Å²) >= 11 is 1.16. The molecule has 1 aliphatic heterocycles. The maximum Gasteiger partial charge on any atom is 0.267 e. The number of hydrogen-bond donors (Lipinski definition) is 0. The first kappa shape index (κ1) is 16.6. The number of carbonyl (C=O) groups excluding carboxylic acids is 1.